The lowest BCUT2D eigenvalue weighted by Crippen LogP contribution is -2.12. The van der Waals surface area contributed by atoms with Crippen LogP contribution in [0.3, 0.4) is 0 Å². The third-order valence-electron chi connectivity index (χ3n) is 3.60. The second-order valence-electron chi connectivity index (χ2n) is 5.05. The van der Waals surface area contributed by atoms with Crippen molar-refractivity contribution in [2.24, 2.45) is 0 Å². The lowest BCUT2D eigenvalue weighted by Gasteiger charge is -2.10. The fourth-order valence-corrected chi connectivity index (χ4v) is 3.34. The normalized spacial score (nSPS) is 12.3. The van der Waals surface area contributed by atoms with E-state index in [2.05, 4.69) is 4.98 Å². The number of para-hydroxylation sites is 1. The van der Waals surface area contributed by atoms with Crippen LogP contribution in [0.5, 0.6) is 5.75 Å². The van der Waals surface area contributed by atoms with Crippen molar-refractivity contribution in [3.63, 3.8) is 0 Å². The van der Waals surface area contributed by atoms with E-state index < -0.39 is 0 Å². The van der Waals surface area contributed by atoms with E-state index in [0.717, 1.165) is 27.1 Å². The predicted octanol–water partition coefficient (Wildman–Crippen LogP) is 4.54. The molecule has 1 N–H and O–H groups in total. The van der Waals surface area contributed by atoms with Crippen LogP contribution in [-0.2, 0) is 0 Å². The van der Waals surface area contributed by atoms with Crippen molar-refractivity contribution in [1.82, 2.24) is 4.98 Å². The van der Waals surface area contributed by atoms with Gasteiger partial charge >= 0.3 is 0 Å². The lowest BCUT2D eigenvalue weighted by atomic mass is 10.1. The fraction of sp³-hybridized carbons (Fsp3) is 0.167. The maximum absolute atomic E-state index is 12.7. The zero-order chi connectivity index (χ0) is 15.5. The van der Waals surface area contributed by atoms with Gasteiger partial charge in [0.25, 0.3) is 0 Å². The van der Waals surface area contributed by atoms with Crippen molar-refractivity contribution in [1.29, 1.82) is 0 Å². The van der Waals surface area contributed by atoms with Crippen molar-refractivity contribution < 1.29 is 9.53 Å². The largest absolute Gasteiger partial charge is 0.497 e. The molecule has 0 spiro atoms. The van der Waals surface area contributed by atoms with Crippen molar-refractivity contribution in [2.45, 2.75) is 17.1 Å². The Morgan fingerprint density at radius 3 is 2.59 bits per heavy atom. The molecule has 0 aliphatic rings. The van der Waals surface area contributed by atoms with Crippen LogP contribution in [0.15, 0.2) is 59.6 Å². The maximum Gasteiger partial charge on any atom is 0.178 e. The van der Waals surface area contributed by atoms with Crippen molar-refractivity contribution in [2.75, 3.05) is 7.11 Å². The van der Waals surface area contributed by atoms with E-state index in [0.29, 0.717) is 0 Å². The summed E-state index contributed by atoms with van der Waals surface area (Å²) in [5.41, 5.74) is 1.75. The number of carbonyl (C=O) groups is 1. The van der Waals surface area contributed by atoms with Gasteiger partial charge in [0.1, 0.15) is 5.75 Å². The Bertz CT molecular complexity index is 792. The number of hydrogen-bond donors (Lipinski definition) is 1. The molecule has 3 nitrogen and oxygen atoms in total. The summed E-state index contributed by atoms with van der Waals surface area (Å²) in [6, 6.07) is 15.6. The van der Waals surface area contributed by atoms with Gasteiger partial charge in [-0.05, 0) is 37.3 Å². The highest BCUT2D eigenvalue weighted by Crippen LogP contribution is 2.29. The summed E-state index contributed by atoms with van der Waals surface area (Å²) in [7, 11) is 1.64. The van der Waals surface area contributed by atoms with Crippen molar-refractivity contribution in [3.8, 4) is 5.75 Å². The Labute approximate surface area is 133 Å². The first kappa shape index (κ1) is 14.7. The molecule has 0 amide bonds. The molecule has 22 heavy (non-hydrogen) atoms. The second kappa shape index (κ2) is 6.28. The van der Waals surface area contributed by atoms with Crippen LogP contribution in [0.2, 0.25) is 0 Å². The Morgan fingerprint density at radius 2 is 1.86 bits per heavy atom. The number of thioether (sulfide) groups is 1. The van der Waals surface area contributed by atoms with Gasteiger partial charge in [-0.1, -0.05) is 18.2 Å². The number of ketones is 1. The first-order valence-corrected chi connectivity index (χ1v) is 7.98. The van der Waals surface area contributed by atoms with Crippen molar-refractivity contribution >= 4 is 28.4 Å². The van der Waals surface area contributed by atoms with E-state index in [1.165, 1.54) is 0 Å². The quantitative estimate of drug-likeness (QED) is 0.555. The van der Waals surface area contributed by atoms with Crippen LogP contribution in [0, 0.1) is 0 Å². The van der Waals surface area contributed by atoms with Crippen LogP contribution < -0.4 is 4.74 Å². The molecular weight excluding hydrogens is 294 g/mol. The first-order chi connectivity index (χ1) is 10.7. The van der Waals surface area contributed by atoms with E-state index >= 15 is 0 Å². The summed E-state index contributed by atoms with van der Waals surface area (Å²) in [6.07, 6.45) is 1.80. The highest BCUT2D eigenvalue weighted by atomic mass is 32.2. The third kappa shape index (κ3) is 2.88. The molecule has 1 aromatic heterocycles. The minimum absolute atomic E-state index is 0.137. The van der Waals surface area contributed by atoms with Gasteiger partial charge in [0.2, 0.25) is 0 Å². The van der Waals surface area contributed by atoms with Crippen molar-refractivity contribution in [3.05, 3.63) is 60.3 Å². The minimum atomic E-state index is -0.146. The standard InChI is InChI=1S/C18H17NO2S/c1-12(22-14-9-7-13(21-2)8-10-14)18(20)16-11-19-17-6-4-3-5-15(16)17/h3-12,19H,1-2H3/t12-/m0/s1. The van der Waals surface area contributed by atoms with Gasteiger partial charge in [0.15, 0.2) is 5.78 Å². The number of ether oxygens (including phenoxy) is 1. The van der Waals surface area contributed by atoms with Gasteiger partial charge in [0, 0.05) is 27.6 Å². The zero-order valence-corrected chi connectivity index (χ0v) is 13.3. The maximum atomic E-state index is 12.7. The zero-order valence-electron chi connectivity index (χ0n) is 12.5. The molecule has 0 aliphatic heterocycles. The number of benzene rings is 2. The molecule has 1 heterocycles. The molecule has 1 atom stereocenters. The number of Topliss-reactive ketones (excluding diaryl/α,β-unsaturated/α-hetero) is 1. The van der Waals surface area contributed by atoms with Gasteiger partial charge in [-0.25, -0.2) is 0 Å². The van der Waals surface area contributed by atoms with E-state index in [4.69, 9.17) is 4.74 Å². The van der Waals surface area contributed by atoms with Crippen LogP contribution in [-0.4, -0.2) is 23.1 Å². The summed E-state index contributed by atoms with van der Waals surface area (Å²) in [4.78, 5) is 16.9. The smallest absolute Gasteiger partial charge is 0.178 e. The molecular formula is C18H17NO2S. The molecule has 0 fully saturated rings. The van der Waals surface area contributed by atoms with Crippen LogP contribution in [0.25, 0.3) is 10.9 Å². The van der Waals surface area contributed by atoms with Gasteiger partial charge in [-0.2, -0.15) is 0 Å². The first-order valence-electron chi connectivity index (χ1n) is 7.10. The van der Waals surface area contributed by atoms with Crippen LogP contribution in [0.4, 0.5) is 0 Å². The number of methoxy groups -OCH3 is 1. The average Bonchev–Trinajstić information content (AvgIpc) is 2.99. The highest BCUT2D eigenvalue weighted by Gasteiger charge is 2.19. The molecule has 0 unspecified atom stereocenters. The van der Waals surface area contributed by atoms with Gasteiger partial charge in [-0.15, -0.1) is 11.8 Å². The average molecular weight is 311 g/mol. The summed E-state index contributed by atoms with van der Waals surface area (Å²) in [5.74, 6) is 0.957. The van der Waals surface area contributed by atoms with E-state index in [1.54, 1.807) is 25.1 Å². The van der Waals surface area contributed by atoms with Crippen LogP contribution >= 0.6 is 11.8 Å². The molecule has 0 radical (unpaired) electrons. The second-order valence-corrected chi connectivity index (χ2v) is 6.46. The molecule has 112 valence electrons. The number of hydrogen-bond acceptors (Lipinski definition) is 3. The van der Waals surface area contributed by atoms with Crippen LogP contribution in [0.1, 0.15) is 17.3 Å². The predicted molar refractivity (Wildman–Crippen MR) is 90.9 cm³/mol. The van der Waals surface area contributed by atoms with E-state index in [1.807, 2.05) is 55.5 Å². The minimum Gasteiger partial charge on any atom is -0.497 e. The number of aromatic nitrogens is 1. The number of fused-ring (bicyclic) bond motifs is 1. The number of H-pyrrole nitrogens is 1. The third-order valence-corrected chi connectivity index (χ3v) is 4.71. The number of rotatable bonds is 5. The summed E-state index contributed by atoms with van der Waals surface area (Å²) >= 11 is 1.56. The molecule has 0 saturated heterocycles. The lowest BCUT2D eigenvalue weighted by molar-refractivity contribution is 0.0995. The molecule has 2 aromatic carbocycles. The molecule has 0 aliphatic carbocycles. The monoisotopic (exact) mass is 311 g/mol. The van der Waals surface area contributed by atoms with Gasteiger partial charge in [-0.3, -0.25) is 4.79 Å². The summed E-state index contributed by atoms with van der Waals surface area (Å²) in [6.45, 7) is 1.94. The highest BCUT2D eigenvalue weighted by molar-refractivity contribution is 8.00. The molecule has 3 rings (SSSR count). The van der Waals surface area contributed by atoms with E-state index in [9.17, 15) is 4.79 Å². The molecule has 3 aromatic rings. The summed E-state index contributed by atoms with van der Waals surface area (Å²) in [5, 5.41) is 0.835. The van der Waals surface area contributed by atoms with E-state index in [-0.39, 0.29) is 11.0 Å². The molecule has 0 saturated carbocycles. The topological polar surface area (TPSA) is 42.1 Å². The number of nitrogens with one attached hydrogen (secondary N) is 1. The Kier molecular flexibility index (Phi) is 4.20. The van der Waals surface area contributed by atoms with Gasteiger partial charge in [0.05, 0.1) is 12.4 Å². The number of aromatic amines is 1. The fourth-order valence-electron chi connectivity index (χ4n) is 2.41. The number of carbonyl (C=O) groups excluding carboxylic acids is 1. The molecule has 0 bridgehead atoms. The Hall–Kier alpha value is -2.20. The Balaban J connectivity index is 1.79. The summed E-state index contributed by atoms with van der Waals surface area (Å²) < 4.78 is 5.15. The SMILES string of the molecule is COc1ccc(S[C@@H](C)C(=O)c2c[nH]c3ccccc23)cc1. The molecule has 4 heteroatoms. The Morgan fingerprint density at radius 1 is 1.14 bits per heavy atom. The van der Waals surface area contributed by atoms with Gasteiger partial charge < -0.3 is 9.72 Å².